The number of carbonyl (C=O) groups excluding carboxylic acids is 1. The van der Waals surface area contributed by atoms with Crippen molar-refractivity contribution in [3.8, 4) is 22.8 Å². The van der Waals surface area contributed by atoms with E-state index in [9.17, 15) is 26.7 Å². The number of aromatic nitrogens is 3. The monoisotopic (exact) mass is 590 g/mol. The molecule has 2 aromatic heterocycles. The SMILES string of the molecule is COc1ccc(-c2cc(C(F)(F)F)n3nc(C(=O)Nc4c(F)cc(F)cc4Br)c(Cl)c3n2)cc1OC. The summed E-state index contributed by atoms with van der Waals surface area (Å²) in [6.45, 7) is 0. The Hall–Kier alpha value is -3.45. The maximum absolute atomic E-state index is 14.1. The molecule has 0 atom stereocenters. The Morgan fingerprint density at radius 2 is 1.78 bits per heavy atom. The summed E-state index contributed by atoms with van der Waals surface area (Å²) in [4.78, 5) is 16.9. The minimum absolute atomic E-state index is 0.141. The lowest BCUT2D eigenvalue weighted by Crippen LogP contribution is -2.16. The predicted octanol–water partition coefficient (Wildman–Crippen LogP) is 6.38. The zero-order valence-corrected chi connectivity index (χ0v) is 20.5. The van der Waals surface area contributed by atoms with E-state index in [0.717, 1.165) is 12.1 Å². The number of anilines is 1. The van der Waals surface area contributed by atoms with Gasteiger partial charge in [-0.3, -0.25) is 4.79 Å². The first-order chi connectivity index (χ1) is 16.9. The normalized spacial score (nSPS) is 11.6. The molecule has 14 heteroatoms. The van der Waals surface area contributed by atoms with Crippen molar-refractivity contribution in [2.45, 2.75) is 6.18 Å². The Morgan fingerprint density at radius 3 is 2.39 bits per heavy atom. The van der Waals surface area contributed by atoms with Crippen LogP contribution >= 0.6 is 27.5 Å². The predicted molar refractivity (Wildman–Crippen MR) is 124 cm³/mol. The van der Waals surface area contributed by atoms with Crippen molar-refractivity contribution in [1.29, 1.82) is 0 Å². The number of rotatable bonds is 5. The molecule has 7 nitrogen and oxygen atoms in total. The van der Waals surface area contributed by atoms with Crippen LogP contribution in [0.1, 0.15) is 16.2 Å². The third-order valence-electron chi connectivity index (χ3n) is 4.96. The number of halogens is 7. The van der Waals surface area contributed by atoms with E-state index in [1.54, 1.807) is 0 Å². The summed E-state index contributed by atoms with van der Waals surface area (Å²) < 4.78 is 79.9. The first kappa shape index (κ1) is 25.6. The second-order valence-electron chi connectivity index (χ2n) is 7.19. The van der Waals surface area contributed by atoms with Gasteiger partial charge in [0.25, 0.3) is 5.91 Å². The van der Waals surface area contributed by atoms with Crippen LogP contribution in [0.3, 0.4) is 0 Å². The van der Waals surface area contributed by atoms with Crippen LogP contribution in [0.25, 0.3) is 16.9 Å². The van der Waals surface area contributed by atoms with Gasteiger partial charge in [0.1, 0.15) is 10.8 Å². The Morgan fingerprint density at radius 1 is 1.08 bits per heavy atom. The average Bonchev–Trinajstić information content (AvgIpc) is 3.15. The smallest absolute Gasteiger partial charge is 0.433 e. The lowest BCUT2D eigenvalue weighted by Gasteiger charge is -2.12. The summed E-state index contributed by atoms with van der Waals surface area (Å²) in [5, 5.41) is 5.30. The number of methoxy groups -OCH3 is 2. The largest absolute Gasteiger partial charge is 0.493 e. The van der Waals surface area contributed by atoms with Gasteiger partial charge in [0.15, 0.2) is 34.4 Å². The molecule has 0 saturated heterocycles. The molecule has 0 aliphatic heterocycles. The van der Waals surface area contributed by atoms with Gasteiger partial charge < -0.3 is 14.8 Å². The van der Waals surface area contributed by atoms with Crippen LogP contribution < -0.4 is 14.8 Å². The quantitative estimate of drug-likeness (QED) is 0.273. The van der Waals surface area contributed by atoms with Crippen molar-refractivity contribution in [2.75, 3.05) is 19.5 Å². The summed E-state index contributed by atoms with van der Waals surface area (Å²) >= 11 is 9.14. The van der Waals surface area contributed by atoms with Crippen LogP contribution in [0.15, 0.2) is 40.9 Å². The van der Waals surface area contributed by atoms with Crippen molar-refractivity contribution in [3.63, 3.8) is 0 Å². The molecule has 188 valence electrons. The number of hydrogen-bond donors (Lipinski definition) is 1. The molecule has 1 N–H and O–H groups in total. The van der Waals surface area contributed by atoms with Gasteiger partial charge in [0.05, 0.1) is 25.6 Å². The second-order valence-corrected chi connectivity index (χ2v) is 8.42. The van der Waals surface area contributed by atoms with Gasteiger partial charge in [-0.15, -0.1) is 0 Å². The number of hydrogen-bond acceptors (Lipinski definition) is 5. The Bertz CT molecular complexity index is 1490. The molecule has 1 amide bonds. The van der Waals surface area contributed by atoms with Crippen LogP contribution in [0, 0.1) is 11.6 Å². The van der Waals surface area contributed by atoms with Gasteiger partial charge in [0.2, 0.25) is 0 Å². The summed E-state index contributed by atoms with van der Waals surface area (Å²) in [5.41, 5.74) is -2.76. The molecule has 0 bridgehead atoms. The molecule has 2 heterocycles. The Balaban J connectivity index is 1.86. The molecule has 0 fully saturated rings. The summed E-state index contributed by atoms with van der Waals surface area (Å²) in [7, 11) is 2.76. The van der Waals surface area contributed by atoms with Crippen molar-refractivity contribution in [1.82, 2.24) is 14.6 Å². The van der Waals surface area contributed by atoms with E-state index in [1.165, 1.54) is 32.4 Å². The highest BCUT2D eigenvalue weighted by Gasteiger charge is 2.37. The standard InChI is InChI=1S/C22H13BrClF5N4O3/c1-35-14-4-3-9(5-15(14)36-2)13-8-16(22(27,28)29)33-20(30-13)17(24)19(32-33)21(34)31-18-11(23)6-10(25)7-12(18)26/h3-8H,1-2H3,(H,31,34). The molecule has 0 saturated carbocycles. The van der Waals surface area contributed by atoms with Gasteiger partial charge in [-0.25, -0.2) is 18.3 Å². The minimum atomic E-state index is -4.91. The van der Waals surface area contributed by atoms with E-state index in [2.05, 4.69) is 31.3 Å². The number of ether oxygens (including phenoxy) is 2. The number of nitrogens with zero attached hydrogens (tertiary/aromatic N) is 3. The number of carbonyl (C=O) groups is 1. The number of amides is 1. The summed E-state index contributed by atoms with van der Waals surface area (Å²) in [6.07, 6.45) is -4.91. The molecule has 4 rings (SSSR count). The fourth-order valence-electron chi connectivity index (χ4n) is 3.32. The number of alkyl halides is 3. The van der Waals surface area contributed by atoms with Crippen molar-refractivity contribution in [2.24, 2.45) is 0 Å². The summed E-state index contributed by atoms with van der Waals surface area (Å²) in [5.74, 6) is -2.59. The first-order valence-corrected chi connectivity index (χ1v) is 11.0. The van der Waals surface area contributed by atoms with E-state index in [1.807, 2.05) is 0 Å². The summed E-state index contributed by atoms with van der Waals surface area (Å²) in [6, 6.07) is 6.51. The van der Waals surface area contributed by atoms with Crippen molar-refractivity contribution < 1.29 is 36.2 Å². The van der Waals surface area contributed by atoms with E-state index in [4.69, 9.17) is 21.1 Å². The van der Waals surface area contributed by atoms with E-state index in [0.29, 0.717) is 16.3 Å². The number of fused-ring (bicyclic) bond motifs is 1. The molecule has 0 aliphatic rings. The van der Waals surface area contributed by atoms with Crippen LogP contribution in [0.2, 0.25) is 5.02 Å². The molecule has 0 unspecified atom stereocenters. The van der Waals surface area contributed by atoms with E-state index < -0.39 is 51.5 Å². The number of benzene rings is 2. The van der Waals surface area contributed by atoms with E-state index in [-0.39, 0.29) is 21.5 Å². The third-order valence-corrected chi connectivity index (χ3v) is 5.94. The van der Waals surface area contributed by atoms with Crippen LogP contribution in [-0.2, 0) is 6.18 Å². The Labute approximate surface area is 212 Å². The van der Waals surface area contributed by atoms with Gasteiger partial charge in [-0.1, -0.05) is 11.6 Å². The van der Waals surface area contributed by atoms with Crippen LogP contribution in [0.4, 0.5) is 27.6 Å². The van der Waals surface area contributed by atoms with Crippen molar-refractivity contribution >= 4 is 44.8 Å². The first-order valence-electron chi connectivity index (χ1n) is 9.79. The van der Waals surface area contributed by atoms with Crippen molar-refractivity contribution in [3.05, 3.63) is 68.9 Å². The fraction of sp³-hybridized carbons (Fsp3) is 0.136. The molecule has 36 heavy (non-hydrogen) atoms. The van der Waals surface area contributed by atoms with Gasteiger partial charge >= 0.3 is 6.18 Å². The third kappa shape index (κ3) is 4.67. The maximum Gasteiger partial charge on any atom is 0.433 e. The highest BCUT2D eigenvalue weighted by molar-refractivity contribution is 9.10. The maximum atomic E-state index is 14.1. The molecule has 0 radical (unpaired) electrons. The van der Waals surface area contributed by atoms with Gasteiger partial charge in [-0.2, -0.15) is 18.3 Å². The molecular weight excluding hydrogens is 579 g/mol. The minimum Gasteiger partial charge on any atom is -0.493 e. The zero-order chi connectivity index (χ0) is 26.4. The highest BCUT2D eigenvalue weighted by atomic mass is 79.9. The molecule has 0 spiro atoms. The lowest BCUT2D eigenvalue weighted by molar-refractivity contribution is -0.142. The molecule has 4 aromatic rings. The topological polar surface area (TPSA) is 77.8 Å². The van der Waals surface area contributed by atoms with Gasteiger partial charge in [-0.05, 0) is 46.3 Å². The zero-order valence-electron chi connectivity index (χ0n) is 18.2. The number of nitrogens with one attached hydrogen (secondary N) is 1. The fourth-order valence-corrected chi connectivity index (χ4v) is 4.07. The van der Waals surface area contributed by atoms with Crippen LogP contribution in [-0.4, -0.2) is 34.7 Å². The molecule has 0 aliphatic carbocycles. The highest BCUT2D eigenvalue weighted by Crippen LogP contribution is 2.37. The molecular formula is C22H13BrClF5N4O3. The van der Waals surface area contributed by atoms with Crippen LogP contribution in [0.5, 0.6) is 11.5 Å². The Kier molecular flexibility index (Phi) is 6.80. The van der Waals surface area contributed by atoms with E-state index >= 15 is 0 Å². The second kappa shape index (κ2) is 9.54. The average molecular weight is 592 g/mol. The van der Waals surface area contributed by atoms with Gasteiger partial charge in [0, 0.05) is 16.1 Å². The lowest BCUT2D eigenvalue weighted by atomic mass is 10.1. The molecule has 2 aromatic carbocycles.